The summed E-state index contributed by atoms with van der Waals surface area (Å²) in [5, 5.41) is 18.9. The molecule has 1 unspecified atom stereocenters. The molecule has 0 aliphatic heterocycles. The van der Waals surface area contributed by atoms with Crippen molar-refractivity contribution >= 4 is 0 Å². The molecule has 2 rings (SSSR count). The highest BCUT2D eigenvalue weighted by atomic mass is 16.3. The van der Waals surface area contributed by atoms with Gasteiger partial charge in [0.25, 0.3) is 0 Å². The summed E-state index contributed by atoms with van der Waals surface area (Å²) >= 11 is 0. The van der Waals surface area contributed by atoms with Gasteiger partial charge in [-0.15, -0.1) is 0 Å². The molecule has 1 aromatic rings. The summed E-state index contributed by atoms with van der Waals surface area (Å²) in [4.78, 5) is 0. The van der Waals surface area contributed by atoms with Crippen LogP contribution in [0.4, 0.5) is 0 Å². The molecular weight excluding hydrogens is 186 g/mol. The first kappa shape index (κ1) is 10.2. The van der Waals surface area contributed by atoms with Gasteiger partial charge in [-0.25, -0.2) is 0 Å². The predicted molar refractivity (Wildman–Crippen MR) is 58.4 cm³/mol. The van der Waals surface area contributed by atoms with Gasteiger partial charge in [-0.05, 0) is 43.4 Å². The van der Waals surface area contributed by atoms with Crippen LogP contribution in [0.3, 0.4) is 0 Å². The van der Waals surface area contributed by atoms with Crippen LogP contribution < -0.4 is 0 Å². The van der Waals surface area contributed by atoms with Crippen LogP contribution >= 0.6 is 0 Å². The normalized spacial score (nSPS) is 19.7. The van der Waals surface area contributed by atoms with Crippen LogP contribution in [0.2, 0.25) is 0 Å². The topological polar surface area (TPSA) is 44.0 Å². The molecule has 0 aromatic heterocycles. The summed E-state index contributed by atoms with van der Waals surface area (Å²) < 4.78 is 0. The van der Waals surface area contributed by atoms with Gasteiger partial charge in [-0.3, -0.25) is 0 Å². The maximum atomic E-state index is 9.76. The Labute approximate surface area is 90.2 Å². The number of rotatable bonds is 1. The van der Waals surface area contributed by atoms with E-state index in [1.165, 1.54) is 5.56 Å². The standard InChI is InChI=1S/C13H15NO/c1-13(2,8-14)11-5-3-4-10-9(11)6-7-12(10)15/h3-5,12,15H,6-7H2,1-2H3. The molecule has 78 valence electrons. The molecule has 0 spiro atoms. The maximum Gasteiger partial charge on any atom is 0.0796 e. The largest absolute Gasteiger partial charge is 0.388 e. The van der Waals surface area contributed by atoms with Crippen LogP contribution in [0.1, 0.15) is 43.1 Å². The van der Waals surface area contributed by atoms with Crippen LogP contribution in [0, 0.1) is 11.3 Å². The summed E-state index contributed by atoms with van der Waals surface area (Å²) in [7, 11) is 0. The van der Waals surface area contributed by atoms with E-state index in [1.54, 1.807) is 0 Å². The third-order valence-electron chi connectivity index (χ3n) is 3.19. The highest BCUT2D eigenvalue weighted by Gasteiger charge is 2.29. The number of fused-ring (bicyclic) bond motifs is 1. The number of hydrogen-bond donors (Lipinski definition) is 1. The molecule has 0 heterocycles. The quantitative estimate of drug-likeness (QED) is 0.758. The van der Waals surface area contributed by atoms with Crippen molar-refractivity contribution in [2.75, 3.05) is 0 Å². The van der Waals surface area contributed by atoms with Crippen molar-refractivity contribution in [1.82, 2.24) is 0 Å². The maximum absolute atomic E-state index is 9.76. The van der Waals surface area contributed by atoms with Gasteiger partial charge in [-0.2, -0.15) is 5.26 Å². The molecule has 0 bridgehead atoms. The van der Waals surface area contributed by atoms with Gasteiger partial charge >= 0.3 is 0 Å². The van der Waals surface area contributed by atoms with Crippen molar-refractivity contribution in [3.05, 3.63) is 34.9 Å². The number of aliphatic hydroxyl groups is 1. The fraction of sp³-hybridized carbons (Fsp3) is 0.462. The van der Waals surface area contributed by atoms with Gasteiger partial charge in [-0.1, -0.05) is 18.2 Å². The number of hydrogen-bond acceptors (Lipinski definition) is 2. The smallest absolute Gasteiger partial charge is 0.0796 e. The summed E-state index contributed by atoms with van der Waals surface area (Å²) in [6.45, 7) is 3.85. The lowest BCUT2D eigenvalue weighted by Gasteiger charge is -2.19. The molecular formula is C13H15NO. The van der Waals surface area contributed by atoms with Crippen molar-refractivity contribution in [3.63, 3.8) is 0 Å². The van der Waals surface area contributed by atoms with E-state index in [1.807, 2.05) is 32.0 Å². The summed E-state index contributed by atoms with van der Waals surface area (Å²) in [5.41, 5.74) is 2.79. The lowest BCUT2D eigenvalue weighted by Crippen LogP contribution is -2.16. The Bertz CT molecular complexity index is 429. The van der Waals surface area contributed by atoms with Crippen molar-refractivity contribution in [1.29, 1.82) is 5.26 Å². The zero-order valence-electron chi connectivity index (χ0n) is 9.12. The van der Waals surface area contributed by atoms with Crippen LogP contribution in [0.5, 0.6) is 0 Å². The molecule has 2 heteroatoms. The van der Waals surface area contributed by atoms with E-state index < -0.39 is 5.41 Å². The summed E-state index contributed by atoms with van der Waals surface area (Å²) in [6, 6.07) is 8.22. The summed E-state index contributed by atoms with van der Waals surface area (Å²) in [5.74, 6) is 0. The van der Waals surface area contributed by atoms with Gasteiger partial charge in [0.2, 0.25) is 0 Å². The van der Waals surface area contributed by atoms with Crippen molar-refractivity contribution < 1.29 is 5.11 Å². The SMILES string of the molecule is CC(C)(C#N)c1cccc2c1CCC2O. The number of benzene rings is 1. The first-order valence-corrected chi connectivity index (χ1v) is 5.28. The highest BCUT2D eigenvalue weighted by molar-refractivity contribution is 5.45. The second-order valence-corrected chi connectivity index (χ2v) is 4.66. The van der Waals surface area contributed by atoms with E-state index in [-0.39, 0.29) is 6.10 Å². The van der Waals surface area contributed by atoms with Crippen LogP contribution in [0.15, 0.2) is 18.2 Å². The molecule has 1 aliphatic carbocycles. The van der Waals surface area contributed by atoms with Crippen molar-refractivity contribution in [3.8, 4) is 6.07 Å². The Morgan fingerprint density at radius 1 is 1.47 bits per heavy atom. The second-order valence-electron chi connectivity index (χ2n) is 4.66. The van der Waals surface area contributed by atoms with E-state index >= 15 is 0 Å². The van der Waals surface area contributed by atoms with Gasteiger partial charge in [0.15, 0.2) is 0 Å². The van der Waals surface area contributed by atoms with E-state index in [9.17, 15) is 5.11 Å². The third kappa shape index (κ3) is 1.53. The van der Waals surface area contributed by atoms with Gasteiger partial charge in [0.1, 0.15) is 0 Å². The average Bonchev–Trinajstić information content (AvgIpc) is 2.60. The molecule has 15 heavy (non-hydrogen) atoms. The Morgan fingerprint density at radius 2 is 2.20 bits per heavy atom. The van der Waals surface area contributed by atoms with E-state index in [0.717, 1.165) is 24.0 Å². The molecule has 0 radical (unpaired) electrons. The number of aliphatic hydroxyl groups excluding tert-OH is 1. The number of nitriles is 1. The van der Waals surface area contributed by atoms with E-state index in [0.29, 0.717) is 0 Å². The predicted octanol–water partition coefficient (Wildman–Crippen LogP) is 2.47. The van der Waals surface area contributed by atoms with Crippen molar-refractivity contribution in [2.24, 2.45) is 0 Å². The second kappa shape index (κ2) is 3.36. The Kier molecular flexibility index (Phi) is 2.28. The molecule has 0 saturated carbocycles. The molecule has 0 fully saturated rings. The average molecular weight is 201 g/mol. The minimum absolute atomic E-state index is 0.338. The van der Waals surface area contributed by atoms with Crippen LogP contribution in [-0.2, 0) is 11.8 Å². The zero-order valence-corrected chi connectivity index (χ0v) is 9.12. The van der Waals surface area contributed by atoms with Crippen LogP contribution in [0.25, 0.3) is 0 Å². The Hall–Kier alpha value is -1.33. The first-order valence-electron chi connectivity index (χ1n) is 5.28. The molecule has 1 N–H and O–H groups in total. The minimum Gasteiger partial charge on any atom is -0.388 e. The minimum atomic E-state index is -0.463. The fourth-order valence-electron chi connectivity index (χ4n) is 2.28. The lowest BCUT2D eigenvalue weighted by molar-refractivity contribution is 0.180. The Balaban J connectivity index is 2.57. The molecule has 1 aliphatic rings. The Morgan fingerprint density at radius 3 is 2.87 bits per heavy atom. The van der Waals surface area contributed by atoms with Gasteiger partial charge in [0.05, 0.1) is 17.6 Å². The molecule has 0 amide bonds. The summed E-state index contributed by atoms with van der Waals surface area (Å²) in [6.07, 6.45) is 1.33. The lowest BCUT2D eigenvalue weighted by atomic mass is 9.82. The van der Waals surface area contributed by atoms with Gasteiger partial charge < -0.3 is 5.11 Å². The highest BCUT2D eigenvalue weighted by Crippen LogP contribution is 2.37. The first-order chi connectivity index (χ1) is 7.06. The van der Waals surface area contributed by atoms with E-state index in [2.05, 4.69) is 6.07 Å². The zero-order chi connectivity index (χ0) is 11.1. The number of nitrogens with zero attached hydrogens (tertiary/aromatic N) is 1. The fourth-order valence-corrected chi connectivity index (χ4v) is 2.28. The van der Waals surface area contributed by atoms with Crippen LogP contribution in [-0.4, -0.2) is 5.11 Å². The molecule has 1 aromatic carbocycles. The molecule has 1 atom stereocenters. The monoisotopic (exact) mass is 201 g/mol. The molecule has 2 nitrogen and oxygen atoms in total. The van der Waals surface area contributed by atoms with Gasteiger partial charge in [0, 0.05) is 0 Å². The van der Waals surface area contributed by atoms with Crippen molar-refractivity contribution in [2.45, 2.75) is 38.2 Å². The van der Waals surface area contributed by atoms with E-state index in [4.69, 9.17) is 5.26 Å². The third-order valence-corrected chi connectivity index (χ3v) is 3.19. The molecule has 0 saturated heterocycles.